The second-order valence-corrected chi connectivity index (χ2v) is 21.5. The van der Waals surface area contributed by atoms with Crippen molar-refractivity contribution >= 4 is 13.7 Å². The van der Waals surface area contributed by atoms with Gasteiger partial charge in [0.25, 0.3) is 0 Å². The lowest BCUT2D eigenvalue weighted by atomic mass is 10.0. The Morgan fingerprint density at radius 2 is 0.913 bits per heavy atom. The Hall–Kier alpha value is -2.36. The molecule has 0 spiro atoms. The van der Waals surface area contributed by atoms with E-state index in [4.69, 9.17) is 9.05 Å². The van der Waals surface area contributed by atoms with Crippen molar-refractivity contribution in [3.05, 3.63) is 85.1 Å². The number of nitrogens with zero attached hydrogens (tertiary/aromatic N) is 1. The number of phosphoric acid groups is 1. The van der Waals surface area contributed by atoms with Gasteiger partial charge in [0, 0.05) is 6.42 Å². The molecule has 4 N–H and O–H groups in total. The van der Waals surface area contributed by atoms with Gasteiger partial charge in [-0.25, -0.2) is 4.57 Å². The van der Waals surface area contributed by atoms with E-state index in [1.54, 1.807) is 0 Å². The first-order chi connectivity index (χ1) is 33.4. The highest BCUT2D eigenvalue weighted by Gasteiger charge is 2.31. The molecule has 1 amide bonds. The van der Waals surface area contributed by atoms with Gasteiger partial charge in [-0.15, -0.1) is 0 Å². The zero-order valence-corrected chi connectivity index (χ0v) is 46.0. The van der Waals surface area contributed by atoms with Crippen LogP contribution >= 0.6 is 7.82 Å². The molecule has 0 rings (SSSR count). The molecule has 0 aromatic rings. The third-order valence-electron chi connectivity index (χ3n) is 12.2. The van der Waals surface area contributed by atoms with E-state index < -0.39 is 32.7 Å². The summed E-state index contributed by atoms with van der Waals surface area (Å²) in [6.07, 6.45) is 65.4. The van der Waals surface area contributed by atoms with Crippen molar-refractivity contribution in [1.82, 2.24) is 5.32 Å². The fraction of sp³-hybridized carbons (Fsp3) is 0.746. The molecule has 0 saturated heterocycles. The number of rotatable bonds is 50. The normalized spacial score (nSPS) is 15.1. The number of hydrogen-bond donors (Lipinski definition) is 4. The fourth-order valence-corrected chi connectivity index (χ4v) is 8.51. The van der Waals surface area contributed by atoms with Crippen molar-refractivity contribution in [3.63, 3.8) is 0 Å². The first kappa shape index (κ1) is 66.6. The second-order valence-electron chi connectivity index (χ2n) is 20.0. The van der Waals surface area contributed by atoms with Gasteiger partial charge < -0.3 is 24.9 Å². The van der Waals surface area contributed by atoms with Crippen molar-refractivity contribution in [3.8, 4) is 0 Å². The summed E-state index contributed by atoms with van der Waals surface area (Å²) in [6, 6.07) is -1.06. The van der Waals surface area contributed by atoms with Crippen molar-refractivity contribution in [2.24, 2.45) is 0 Å². The van der Waals surface area contributed by atoms with Crippen LogP contribution in [0, 0.1) is 0 Å². The van der Waals surface area contributed by atoms with Crippen LogP contribution in [0.15, 0.2) is 85.1 Å². The Morgan fingerprint density at radius 1 is 0.522 bits per heavy atom. The van der Waals surface area contributed by atoms with Gasteiger partial charge in [0.1, 0.15) is 19.3 Å². The van der Waals surface area contributed by atoms with Crippen LogP contribution in [0.3, 0.4) is 0 Å². The van der Waals surface area contributed by atoms with Gasteiger partial charge in [-0.2, -0.15) is 0 Å². The van der Waals surface area contributed by atoms with Crippen molar-refractivity contribution < 1.29 is 38.0 Å². The monoisotopic (exact) mass is 988 g/mol. The highest BCUT2D eigenvalue weighted by molar-refractivity contribution is 7.47. The standard InChI is InChI=1S/C59H107N2O7P/c1-6-8-10-12-14-16-18-20-21-22-23-24-25-26-27-28-29-30-31-32-33-34-35-36-37-38-39-40-42-44-46-48-50-52-58(63)60-56(55-68-69(65,66)67-54-53-61(3,4)5)59(64)57(62)51-49-47-45-43-41-19-17-15-13-11-9-7-2/h8,10,14-17,20-21,23-24,26-27,43,45,56-57,59,62,64H,6-7,9,11-13,18-19,22,25,28-42,44,46-55H2,1-5H3,(H-,60,63,65,66)/p+1/b10-8-,16-14-,17-15+,21-20-,24-23-,27-26-,45-43+. The van der Waals surface area contributed by atoms with Crippen molar-refractivity contribution in [2.45, 2.75) is 244 Å². The molecule has 0 aliphatic carbocycles. The summed E-state index contributed by atoms with van der Waals surface area (Å²) in [6.45, 7) is 4.43. The van der Waals surface area contributed by atoms with Gasteiger partial charge in [0.05, 0.1) is 39.9 Å². The molecule has 0 aliphatic rings. The Balaban J connectivity index is 4.14. The van der Waals surface area contributed by atoms with E-state index in [2.05, 4.69) is 104 Å². The van der Waals surface area contributed by atoms with E-state index in [1.165, 1.54) is 109 Å². The highest BCUT2D eigenvalue weighted by atomic mass is 31.2. The third kappa shape index (κ3) is 50.4. The zero-order valence-electron chi connectivity index (χ0n) is 45.1. The quantitative estimate of drug-likeness (QED) is 0.0207. The third-order valence-corrected chi connectivity index (χ3v) is 13.2. The number of aliphatic hydroxyl groups excluding tert-OH is 2. The molecule has 0 fully saturated rings. The van der Waals surface area contributed by atoms with E-state index in [-0.39, 0.29) is 18.9 Å². The van der Waals surface area contributed by atoms with Crippen LogP contribution in [0.2, 0.25) is 0 Å². The molecule has 0 saturated carbocycles. The van der Waals surface area contributed by atoms with Gasteiger partial charge in [0.2, 0.25) is 5.91 Å². The van der Waals surface area contributed by atoms with Gasteiger partial charge in [0.15, 0.2) is 0 Å². The van der Waals surface area contributed by atoms with Gasteiger partial charge in [-0.3, -0.25) is 13.8 Å². The summed E-state index contributed by atoms with van der Waals surface area (Å²) in [7, 11) is 1.40. The number of quaternary nitrogens is 1. The number of carbonyl (C=O) groups excluding carboxylic acids is 1. The number of allylic oxidation sites excluding steroid dienone is 14. The predicted octanol–water partition coefficient (Wildman–Crippen LogP) is 15.8. The number of carbonyl (C=O) groups is 1. The summed E-state index contributed by atoms with van der Waals surface area (Å²) in [5, 5.41) is 24.7. The minimum atomic E-state index is -4.43. The minimum Gasteiger partial charge on any atom is -0.390 e. The van der Waals surface area contributed by atoms with Crippen LogP contribution in [0.25, 0.3) is 0 Å². The number of phosphoric ester groups is 1. The Morgan fingerprint density at radius 3 is 1.38 bits per heavy atom. The summed E-state index contributed by atoms with van der Waals surface area (Å²) in [4.78, 5) is 23.3. The molecule has 0 radical (unpaired) electrons. The maximum atomic E-state index is 13.0. The van der Waals surface area contributed by atoms with Crippen LogP contribution in [-0.4, -0.2) is 84.6 Å². The van der Waals surface area contributed by atoms with Crippen molar-refractivity contribution in [1.29, 1.82) is 0 Å². The number of aliphatic hydroxyl groups is 2. The average molecular weight is 988 g/mol. The van der Waals surface area contributed by atoms with Crippen LogP contribution in [0.1, 0.15) is 226 Å². The smallest absolute Gasteiger partial charge is 0.390 e. The lowest BCUT2D eigenvalue weighted by Gasteiger charge is -2.28. The maximum absolute atomic E-state index is 13.0. The van der Waals surface area contributed by atoms with Crippen LogP contribution in [-0.2, 0) is 18.4 Å². The molecule has 400 valence electrons. The second kappa shape index (κ2) is 49.2. The van der Waals surface area contributed by atoms with Crippen LogP contribution < -0.4 is 5.32 Å². The Kier molecular flexibility index (Phi) is 47.5. The van der Waals surface area contributed by atoms with Gasteiger partial charge >= 0.3 is 7.82 Å². The molecule has 0 aromatic carbocycles. The average Bonchev–Trinajstić information content (AvgIpc) is 3.31. The van der Waals surface area contributed by atoms with Crippen molar-refractivity contribution in [2.75, 3.05) is 40.9 Å². The molecular formula is C59H108N2O7P+. The first-order valence-corrected chi connectivity index (χ1v) is 29.5. The van der Waals surface area contributed by atoms with Crippen LogP contribution in [0.5, 0.6) is 0 Å². The lowest BCUT2D eigenvalue weighted by Crippen LogP contribution is -2.51. The number of unbranched alkanes of at least 4 members (excludes halogenated alkanes) is 22. The summed E-state index contributed by atoms with van der Waals surface area (Å²) < 4.78 is 23.6. The first-order valence-electron chi connectivity index (χ1n) is 28.0. The maximum Gasteiger partial charge on any atom is 0.472 e. The van der Waals surface area contributed by atoms with Gasteiger partial charge in [-0.05, 0) is 96.3 Å². The molecule has 4 unspecified atom stereocenters. The fourth-order valence-electron chi connectivity index (χ4n) is 7.77. The zero-order chi connectivity index (χ0) is 50.8. The molecule has 0 bridgehead atoms. The van der Waals surface area contributed by atoms with E-state index in [9.17, 15) is 24.5 Å². The SMILES string of the molecule is CC/C=C\C/C=C\C/C=C\C/C=C\C/C=C\CCCCCCCCCCCCCCCCCCCC(=O)NC(COP(=O)(O)OCC[N+](C)(C)C)C(O)C(O)CCC/C=C/CC/C=C/CCCCC. The van der Waals surface area contributed by atoms with E-state index in [0.29, 0.717) is 23.9 Å². The summed E-state index contributed by atoms with van der Waals surface area (Å²) in [5.74, 6) is -0.274. The Labute approximate surface area is 425 Å². The molecule has 0 aromatic heterocycles. The minimum absolute atomic E-state index is 0.0114. The van der Waals surface area contributed by atoms with E-state index in [1.807, 2.05) is 21.1 Å². The highest BCUT2D eigenvalue weighted by Crippen LogP contribution is 2.43. The molecular weight excluding hydrogens is 880 g/mol. The largest absolute Gasteiger partial charge is 0.472 e. The molecule has 0 heterocycles. The predicted molar refractivity (Wildman–Crippen MR) is 296 cm³/mol. The molecule has 69 heavy (non-hydrogen) atoms. The van der Waals surface area contributed by atoms with E-state index >= 15 is 0 Å². The van der Waals surface area contributed by atoms with E-state index in [0.717, 1.165) is 83.5 Å². The molecule has 4 atom stereocenters. The summed E-state index contributed by atoms with van der Waals surface area (Å²) in [5.41, 5.74) is 0. The Bertz CT molecular complexity index is 1420. The number of nitrogens with one attached hydrogen (secondary N) is 1. The summed E-state index contributed by atoms with van der Waals surface area (Å²) >= 11 is 0. The number of hydrogen-bond acceptors (Lipinski definition) is 6. The number of amides is 1. The number of likely N-dealkylation sites (N-methyl/N-ethyl adjacent to an activating group) is 1. The molecule has 10 heteroatoms. The molecule has 0 aliphatic heterocycles. The lowest BCUT2D eigenvalue weighted by molar-refractivity contribution is -0.870. The van der Waals surface area contributed by atoms with Gasteiger partial charge in [-0.1, -0.05) is 208 Å². The molecule has 9 nitrogen and oxygen atoms in total. The topological polar surface area (TPSA) is 125 Å². The van der Waals surface area contributed by atoms with Crippen LogP contribution in [0.4, 0.5) is 0 Å².